The molecule has 0 fully saturated rings. The summed E-state index contributed by atoms with van der Waals surface area (Å²) >= 11 is 0. The summed E-state index contributed by atoms with van der Waals surface area (Å²) in [5.74, 6) is -0.128. The van der Waals surface area contributed by atoms with E-state index in [1.807, 2.05) is 0 Å². The molecule has 0 atom stereocenters. The van der Waals surface area contributed by atoms with Gasteiger partial charge in [-0.3, -0.25) is 9.59 Å². The van der Waals surface area contributed by atoms with E-state index in [4.69, 9.17) is 0 Å². The molecule has 0 saturated carbocycles. The van der Waals surface area contributed by atoms with Crippen LogP contribution in [-0.2, 0) is 0 Å². The molecule has 2 nitrogen and oxygen atoms in total. The molecule has 0 saturated heterocycles. The molecule has 0 N–H and O–H groups in total. The first-order chi connectivity index (χ1) is 7.79. The van der Waals surface area contributed by atoms with Crippen LogP contribution in [0.3, 0.4) is 0 Å². The van der Waals surface area contributed by atoms with Gasteiger partial charge in [-0.25, -0.2) is 0 Å². The standard InChI is InChI=1S/C14H8O2.Si/c15-13-9-5-1-2-6-10(9)14(16)12-8-4-3-7-11(12)13;/h1-8H;. The van der Waals surface area contributed by atoms with Crippen LogP contribution in [0.15, 0.2) is 48.5 Å². The van der Waals surface area contributed by atoms with Crippen LogP contribution in [0, 0.1) is 0 Å². The molecule has 2 aromatic rings. The molecule has 4 radical (unpaired) electrons. The number of carbonyl (C=O) groups excluding carboxylic acids is 2. The van der Waals surface area contributed by atoms with Crippen molar-refractivity contribution in [3.63, 3.8) is 0 Å². The van der Waals surface area contributed by atoms with Crippen molar-refractivity contribution in [3.05, 3.63) is 70.8 Å². The Morgan fingerprint density at radius 3 is 1.00 bits per heavy atom. The molecule has 17 heavy (non-hydrogen) atoms. The fourth-order valence-corrected chi connectivity index (χ4v) is 2.05. The summed E-state index contributed by atoms with van der Waals surface area (Å²) in [7, 11) is 0. The molecule has 1 aliphatic carbocycles. The third-order valence-electron chi connectivity index (χ3n) is 2.83. The van der Waals surface area contributed by atoms with Crippen LogP contribution in [0.2, 0.25) is 0 Å². The molecule has 0 aliphatic heterocycles. The van der Waals surface area contributed by atoms with E-state index >= 15 is 0 Å². The van der Waals surface area contributed by atoms with Crippen LogP contribution in [0.5, 0.6) is 0 Å². The van der Waals surface area contributed by atoms with Gasteiger partial charge in [-0.05, 0) is 0 Å². The second-order valence-corrected chi connectivity index (χ2v) is 3.75. The van der Waals surface area contributed by atoms with Gasteiger partial charge in [0.15, 0.2) is 11.6 Å². The Morgan fingerprint density at radius 2 is 0.765 bits per heavy atom. The molecule has 0 amide bonds. The van der Waals surface area contributed by atoms with Crippen molar-refractivity contribution in [3.8, 4) is 0 Å². The average Bonchev–Trinajstić information content (AvgIpc) is 2.36. The van der Waals surface area contributed by atoms with Crippen LogP contribution in [0.1, 0.15) is 31.8 Å². The van der Waals surface area contributed by atoms with E-state index in [0.717, 1.165) is 0 Å². The lowest BCUT2D eigenvalue weighted by Crippen LogP contribution is -2.20. The second-order valence-electron chi connectivity index (χ2n) is 3.75. The van der Waals surface area contributed by atoms with Crippen LogP contribution < -0.4 is 0 Å². The number of ketones is 2. The van der Waals surface area contributed by atoms with Crippen LogP contribution in [-0.4, -0.2) is 22.5 Å². The van der Waals surface area contributed by atoms with Crippen molar-refractivity contribution in [1.82, 2.24) is 0 Å². The van der Waals surface area contributed by atoms with Gasteiger partial charge >= 0.3 is 0 Å². The summed E-state index contributed by atoms with van der Waals surface area (Å²) in [6.07, 6.45) is 0. The maximum Gasteiger partial charge on any atom is 0.194 e. The van der Waals surface area contributed by atoms with Crippen molar-refractivity contribution >= 4 is 22.5 Å². The lowest BCUT2D eigenvalue weighted by atomic mass is 9.84. The highest BCUT2D eigenvalue weighted by Gasteiger charge is 2.28. The van der Waals surface area contributed by atoms with Crippen molar-refractivity contribution in [2.45, 2.75) is 0 Å². The third kappa shape index (κ3) is 1.55. The van der Waals surface area contributed by atoms with Gasteiger partial charge < -0.3 is 0 Å². The van der Waals surface area contributed by atoms with E-state index in [0.29, 0.717) is 22.3 Å². The largest absolute Gasteiger partial charge is 0.289 e. The molecule has 0 aromatic heterocycles. The number of benzene rings is 2. The summed E-state index contributed by atoms with van der Waals surface area (Å²) in [6, 6.07) is 13.9. The zero-order chi connectivity index (χ0) is 11.1. The summed E-state index contributed by atoms with van der Waals surface area (Å²) in [5, 5.41) is 0. The van der Waals surface area contributed by atoms with Gasteiger partial charge in [-0.2, -0.15) is 0 Å². The summed E-state index contributed by atoms with van der Waals surface area (Å²) in [6.45, 7) is 0. The number of hydrogen-bond acceptors (Lipinski definition) is 2. The molecule has 0 unspecified atom stereocenters. The molecule has 0 heterocycles. The normalized spacial score (nSPS) is 12.5. The molecular formula is C14H8O2Si. The Morgan fingerprint density at radius 1 is 0.529 bits per heavy atom. The van der Waals surface area contributed by atoms with Crippen molar-refractivity contribution < 1.29 is 9.59 Å². The fraction of sp³-hybridized carbons (Fsp3) is 0. The smallest absolute Gasteiger partial charge is 0.194 e. The fourth-order valence-electron chi connectivity index (χ4n) is 2.05. The van der Waals surface area contributed by atoms with Gasteiger partial charge in [-0.15, -0.1) is 0 Å². The Kier molecular flexibility index (Phi) is 2.77. The Bertz CT molecular complexity index is 512. The lowest BCUT2D eigenvalue weighted by Gasteiger charge is -2.16. The Hall–Kier alpha value is -2.00. The summed E-state index contributed by atoms with van der Waals surface area (Å²) in [4.78, 5) is 24.2. The maximum absolute atomic E-state index is 12.1. The second kappa shape index (κ2) is 4.11. The van der Waals surface area contributed by atoms with E-state index in [9.17, 15) is 9.59 Å². The highest BCUT2D eigenvalue weighted by Crippen LogP contribution is 2.26. The Labute approximate surface area is 103 Å². The minimum atomic E-state index is -0.0641. The predicted octanol–water partition coefficient (Wildman–Crippen LogP) is 2.08. The molecule has 0 spiro atoms. The highest BCUT2D eigenvalue weighted by atomic mass is 28.1. The van der Waals surface area contributed by atoms with Gasteiger partial charge in [0.25, 0.3) is 0 Å². The van der Waals surface area contributed by atoms with Crippen molar-refractivity contribution in [1.29, 1.82) is 0 Å². The molecule has 80 valence electrons. The zero-order valence-corrected chi connectivity index (χ0v) is 9.94. The number of carbonyl (C=O) groups is 2. The first-order valence-electron chi connectivity index (χ1n) is 5.06. The molecule has 3 heteroatoms. The first kappa shape index (κ1) is 11.5. The van der Waals surface area contributed by atoms with Gasteiger partial charge in [-0.1, -0.05) is 48.5 Å². The van der Waals surface area contributed by atoms with Crippen LogP contribution in [0.25, 0.3) is 0 Å². The average molecular weight is 236 g/mol. The van der Waals surface area contributed by atoms with Crippen LogP contribution in [0.4, 0.5) is 0 Å². The topological polar surface area (TPSA) is 34.1 Å². The monoisotopic (exact) mass is 236 g/mol. The molecule has 3 rings (SSSR count). The van der Waals surface area contributed by atoms with E-state index < -0.39 is 0 Å². The molecular weight excluding hydrogens is 228 g/mol. The number of fused-ring (bicyclic) bond motifs is 2. The Balaban J connectivity index is 0.00000108. The minimum Gasteiger partial charge on any atom is -0.289 e. The zero-order valence-electron chi connectivity index (χ0n) is 8.94. The van der Waals surface area contributed by atoms with Crippen molar-refractivity contribution in [2.24, 2.45) is 0 Å². The lowest BCUT2D eigenvalue weighted by molar-refractivity contribution is 0.0979. The molecule has 0 bridgehead atoms. The minimum absolute atomic E-state index is 0. The third-order valence-corrected chi connectivity index (χ3v) is 2.83. The van der Waals surface area contributed by atoms with Crippen LogP contribution >= 0.6 is 0 Å². The maximum atomic E-state index is 12.1. The van der Waals surface area contributed by atoms with Gasteiger partial charge in [0.05, 0.1) is 0 Å². The SMILES string of the molecule is O=C1c2ccccc2C(=O)c2ccccc21.[Si]. The molecule has 2 aromatic carbocycles. The number of hydrogen-bond donors (Lipinski definition) is 0. The first-order valence-corrected chi connectivity index (χ1v) is 5.06. The quantitative estimate of drug-likeness (QED) is 0.560. The van der Waals surface area contributed by atoms with Gasteiger partial charge in [0.1, 0.15) is 0 Å². The van der Waals surface area contributed by atoms with E-state index in [1.54, 1.807) is 48.5 Å². The molecule has 1 aliphatic rings. The highest BCUT2D eigenvalue weighted by molar-refractivity contribution is 6.28. The predicted molar refractivity (Wildman–Crippen MR) is 65.5 cm³/mol. The van der Waals surface area contributed by atoms with Crippen molar-refractivity contribution in [2.75, 3.05) is 0 Å². The van der Waals surface area contributed by atoms with E-state index in [1.165, 1.54) is 0 Å². The summed E-state index contributed by atoms with van der Waals surface area (Å²) in [5.41, 5.74) is 2.02. The summed E-state index contributed by atoms with van der Waals surface area (Å²) < 4.78 is 0. The van der Waals surface area contributed by atoms with Gasteiger partial charge in [0.2, 0.25) is 0 Å². The van der Waals surface area contributed by atoms with Gasteiger partial charge in [0, 0.05) is 33.2 Å². The van der Waals surface area contributed by atoms with E-state index in [2.05, 4.69) is 0 Å². The van der Waals surface area contributed by atoms with E-state index in [-0.39, 0.29) is 22.5 Å². The number of rotatable bonds is 0.